The molecule has 26 heavy (non-hydrogen) atoms. The Morgan fingerprint density at radius 1 is 1.00 bits per heavy atom. The number of amides is 2. The topological polar surface area (TPSA) is 52.7 Å². The quantitative estimate of drug-likeness (QED) is 0.848. The number of nitrogens with one attached hydrogen (secondary N) is 1. The van der Waals surface area contributed by atoms with Crippen LogP contribution in [0, 0.1) is 5.92 Å². The summed E-state index contributed by atoms with van der Waals surface area (Å²) in [5, 5.41) is 3.09. The molecule has 1 aliphatic heterocycles. The number of hydrogen-bond acceptors (Lipinski definition) is 3. The fraction of sp³-hybridized carbons (Fsp3) is 0.619. The largest absolute Gasteiger partial charge is 0.340 e. The molecule has 2 rings (SSSR count). The average Bonchev–Trinajstić information content (AvgIpc) is 2.60. The van der Waals surface area contributed by atoms with Crippen LogP contribution in [0.5, 0.6) is 0 Å². The Morgan fingerprint density at radius 2 is 1.62 bits per heavy atom. The second-order valence-corrected chi connectivity index (χ2v) is 7.92. The van der Waals surface area contributed by atoms with Gasteiger partial charge in [-0.2, -0.15) is 0 Å². The fourth-order valence-electron chi connectivity index (χ4n) is 3.35. The van der Waals surface area contributed by atoms with Crippen molar-refractivity contribution in [3.8, 4) is 0 Å². The zero-order valence-corrected chi connectivity index (χ0v) is 16.8. The minimum Gasteiger partial charge on any atom is -0.340 e. The van der Waals surface area contributed by atoms with Crippen molar-refractivity contribution >= 4 is 17.5 Å². The molecule has 1 N–H and O–H groups in total. The van der Waals surface area contributed by atoms with Gasteiger partial charge in [-0.3, -0.25) is 14.5 Å². The Kier molecular flexibility index (Phi) is 7.21. The molecule has 5 nitrogen and oxygen atoms in total. The summed E-state index contributed by atoms with van der Waals surface area (Å²) in [7, 11) is 0. The van der Waals surface area contributed by atoms with Crippen LogP contribution < -0.4 is 5.32 Å². The maximum absolute atomic E-state index is 12.7. The molecule has 1 atom stereocenters. The van der Waals surface area contributed by atoms with Crippen LogP contribution in [0.3, 0.4) is 0 Å². The molecule has 0 aromatic heterocycles. The minimum atomic E-state index is -0.211. The van der Waals surface area contributed by atoms with Crippen molar-refractivity contribution in [3.05, 3.63) is 29.8 Å². The molecular weight excluding hydrogens is 326 g/mol. The number of rotatable bonds is 6. The van der Waals surface area contributed by atoms with Crippen LogP contribution in [-0.4, -0.2) is 53.8 Å². The predicted molar refractivity (Wildman–Crippen MR) is 106 cm³/mol. The van der Waals surface area contributed by atoms with Gasteiger partial charge in [-0.15, -0.1) is 0 Å². The second-order valence-electron chi connectivity index (χ2n) is 7.92. The van der Waals surface area contributed by atoms with Gasteiger partial charge in [0.15, 0.2) is 0 Å². The Morgan fingerprint density at radius 3 is 2.19 bits per heavy atom. The summed E-state index contributed by atoms with van der Waals surface area (Å²) in [5.41, 5.74) is 2.04. The van der Waals surface area contributed by atoms with E-state index in [1.54, 1.807) is 0 Å². The lowest BCUT2D eigenvalue weighted by Crippen LogP contribution is -2.54. The molecule has 0 saturated carbocycles. The van der Waals surface area contributed by atoms with E-state index in [1.165, 1.54) is 0 Å². The van der Waals surface area contributed by atoms with Crippen LogP contribution in [0.25, 0.3) is 0 Å². The first-order valence-corrected chi connectivity index (χ1v) is 9.71. The third kappa shape index (κ3) is 5.31. The van der Waals surface area contributed by atoms with Crippen molar-refractivity contribution in [2.75, 3.05) is 31.5 Å². The van der Waals surface area contributed by atoms with Gasteiger partial charge in [-0.05, 0) is 30.4 Å². The van der Waals surface area contributed by atoms with Gasteiger partial charge in [0.05, 0.1) is 6.04 Å². The Balaban J connectivity index is 1.91. The number of para-hydroxylation sites is 1. The van der Waals surface area contributed by atoms with E-state index < -0.39 is 0 Å². The maximum Gasteiger partial charge on any atom is 0.241 e. The van der Waals surface area contributed by atoms with Crippen molar-refractivity contribution in [1.82, 2.24) is 9.80 Å². The molecule has 0 spiro atoms. The maximum atomic E-state index is 12.7. The summed E-state index contributed by atoms with van der Waals surface area (Å²) in [6.07, 6.45) is 0.599. The van der Waals surface area contributed by atoms with E-state index in [0.29, 0.717) is 31.3 Å². The van der Waals surface area contributed by atoms with Crippen LogP contribution in [0.15, 0.2) is 24.3 Å². The number of anilines is 1. The second kappa shape index (κ2) is 9.17. The molecule has 1 fully saturated rings. The molecule has 1 unspecified atom stereocenters. The smallest absolute Gasteiger partial charge is 0.241 e. The van der Waals surface area contributed by atoms with Gasteiger partial charge in [0.25, 0.3) is 0 Å². The molecule has 144 valence electrons. The SMILES string of the molecule is CC(C)CC(=O)N1CCN(C(C)C(=O)Nc2ccccc2C(C)C)CC1. The molecule has 1 aliphatic rings. The van der Waals surface area contributed by atoms with E-state index in [9.17, 15) is 9.59 Å². The van der Waals surface area contributed by atoms with Crippen LogP contribution in [-0.2, 0) is 9.59 Å². The van der Waals surface area contributed by atoms with E-state index in [-0.39, 0.29) is 17.9 Å². The zero-order valence-electron chi connectivity index (χ0n) is 16.8. The minimum absolute atomic E-state index is 0.0139. The standard InChI is InChI=1S/C21H33N3O2/c1-15(2)14-20(25)24-12-10-23(11-13-24)17(5)21(26)22-19-9-7-6-8-18(19)16(3)4/h6-9,15-17H,10-14H2,1-5H3,(H,22,26). The van der Waals surface area contributed by atoms with Crippen LogP contribution in [0.2, 0.25) is 0 Å². The molecule has 5 heteroatoms. The highest BCUT2D eigenvalue weighted by molar-refractivity contribution is 5.95. The summed E-state index contributed by atoms with van der Waals surface area (Å²) in [6, 6.07) is 7.76. The zero-order chi connectivity index (χ0) is 19.3. The molecule has 1 heterocycles. The Labute approximate surface area is 157 Å². The van der Waals surface area contributed by atoms with Crippen molar-refractivity contribution in [2.24, 2.45) is 5.92 Å². The Bertz CT molecular complexity index is 619. The van der Waals surface area contributed by atoms with Crippen molar-refractivity contribution in [3.63, 3.8) is 0 Å². The molecule has 2 amide bonds. The van der Waals surface area contributed by atoms with Gasteiger partial charge in [0, 0.05) is 38.3 Å². The van der Waals surface area contributed by atoms with E-state index >= 15 is 0 Å². The number of nitrogens with zero attached hydrogens (tertiary/aromatic N) is 2. The molecule has 1 aromatic carbocycles. The van der Waals surface area contributed by atoms with Gasteiger partial charge in [0.1, 0.15) is 0 Å². The van der Waals surface area contributed by atoms with Gasteiger partial charge < -0.3 is 10.2 Å². The number of carbonyl (C=O) groups excluding carboxylic acids is 2. The number of piperazine rings is 1. The first-order valence-electron chi connectivity index (χ1n) is 9.71. The average molecular weight is 360 g/mol. The Hall–Kier alpha value is -1.88. The first kappa shape index (κ1) is 20.4. The number of benzene rings is 1. The summed E-state index contributed by atoms with van der Waals surface area (Å²) in [4.78, 5) is 29.0. The van der Waals surface area contributed by atoms with Gasteiger partial charge in [-0.1, -0.05) is 45.9 Å². The van der Waals surface area contributed by atoms with Crippen molar-refractivity contribution < 1.29 is 9.59 Å². The fourth-order valence-corrected chi connectivity index (χ4v) is 3.35. The molecule has 0 aliphatic carbocycles. The molecule has 0 radical (unpaired) electrons. The van der Waals surface area contributed by atoms with Crippen molar-refractivity contribution in [1.29, 1.82) is 0 Å². The highest BCUT2D eigenvalue weighted by atomic mass is 16.2. The molecule has 0 bridgehead atoms. The van der Waals surface area contributed by atoms with Gasteiger partial charge in [-0.25, -0.2) is 0 Å². The lowest BCUT2D eigenvalue weighted by molar-refractivity contribution is -0.134. The first-order chi connectivity index (χ1) is 12.3. The van der Waals surface area contributed by atoms with Gasteiger partial charge in [0.2, 0.25) is 11.8 Å². The third-order valence-corrected chi connectivity index (χ3v) is 5.02. The monoisotopic (exact) mass is 359 g/mol. The predicted octanol–water partition coefficient (Wildman–Crippen LogP) is 3.33. The van der Waals surface area contributed by atoms with Crippen LogP contribution in [0.4, 0.5) is 5.69 Å². The van der Waals surface area contributed by atoms with Crippen LogP contribution >= 0.6 is 0 Å². The summed E-state index contributed by atoms with van der Waals surface area (Å²) in [6.45, 7) is 13.2. The summed E-state index contributed by atoms with van der Waals surface area (Å²) >= 11 is 0. The van der Waals surface area contributed by atoms with Crippen molar-refractivity contribution in [2.45, 2.75) is 53.0 Å². The number of carbonyl (C=O) groups is 2. The van der Waals surface area contributed by atoms with E-state index in [4.69, 9.17) is 0 Å². The third-order valence-electron chi connectivity index (χ3n) is 5.02. The van der Waals surface area contributed by atoms with E-state index in [1.807, 2.05) is 30.0 Å². The molecular formula is C21H33N3O2. The lowest BCUT2D eigenvalue weighted by atomic mass is 10.0. The molecule has 1 saturated heterocycles. The van der Waals surface area contributed by atoms with E-state index in [2.05, 4.69) is 44.0 Å². The highest BCUT2D eigenvalue weighted by Gasteiger charge is 2.28. The normalized spacial score (nSPS) is 16.8. The van der Waals surface area contributed by atoms with E-state index in [0.717, 1.165) is 24.3 Å². The van der Waals surface area contributed by atoms with Crippen LogP contribution in [0.1, 0.15) is 52.5 Å². The number of hydrogen-bond donors (Lipinski definition) is 1. The summed E-state index contributed by atoms with van der Waals surface area (Å²) in [5.74, 6) is 0.978. The summed E-state index contributed by atoms with van der Waals surface area (Å²) < 4.78 is 0. The molecule has 1 aromatic rings. The lowest BCUT2D eigenvalue weighted by Gasteiger charge is -2.37. The van der Waals surface area contributed by atoms with Gasteiger partial charge >= 0.3 is 0 Å². The highest BCUT2D eigenvalue weighted by Crippen LogP contribution is 2.24.